The fourth-order valence-electron chi connectivity index (χ4n) is 2.50. The molecule has 0 saturated heterocycles. The SMILES string of the molecule is CCCN(CCC)C(=O)c1ccc(NC(=S)NC(=O)c2ccc(Br)o2)cc1. The zero-order chi connectivity index (χ0) is 19.8. The van der Waals surface area contributed by atoms with Crippen LogP contribution in [0.4, 0.5) is 5.69 Å². The molecule has 27 heavy (non-hydrogen) atoms. The fourth-order valence-corrected chi connectivity index (χ4v) is 3.01. The van der Waals surface area contributed by atoms with Gasteiger partial charge in [-0.15, -0.1) is 0 Å². The molecule has 2 aromatic rings. The molecule has 0 aliphatic carbocycles. The highest BCUT2D eigenvalue weighted by Crippen LogP contribution is 2.15. The molecular weight excluding hydrogens is 430 g/mol. The number of benzene rings is 1. The summed E-state index contributed by atoms with van der Waals surface area (Å²) in [6.45, 7) is 5.59. The Bertz CT molecular complexity index is 799. The average Bonchev–Trinajstić information content (AvgIpc) is 3.08. The third kappa shape index (κ3) is 6.18. The van der Waals surface area contributed by atoms with Gasteiger partial charge in [-0.25, -0.2) is 0 Å². The summed E-state index contributed by atoms with van der Waals surface area (Å²) in [5.74, 6) is -0.275. The van der Waals surface area contributed by atoms with E-state index in [1.807, 2.05) is 4.90 Å². The van der Waals surface area contributed by atoms with Gasteiger partial charge in [-0.3, -0.25) is 14.9 Å². The van der Waals surface area contributed by atoms with Gasteiger partial charge in [0.2, 0.25) is 0 Å². The van der Waals surface area contributed by atoms with Gasteiger partial charge in [0.25, 0.3) is 11.8 Å². The molecule has 144 valence electrons. The Balaban J connectivity index is 1.95. The Morgan fingerprint density at radius 1 is 1.07 bits per heavy atom. The predicted octanol–water partition coefficient (Wildman–Crippen LogP) is 4.43. The molecule has 2 amide bonds. The van der Waals surface area contributed by atoms with Crippen molar-refractivity contribution in [1.29, 1.82) is 0 Å². The zero-order valence-electron chi connectivity index (χ0n) is 15.3. The number of carbonyl (C=O) groups is 2. The van der Waals surface area contributed by atoms with Crippen molar-refractivity contribution < 1.29 is 14.0 Å². The highest BCUT2D eigenvalue weighted by Gasteiger charge is 2.15. The molecule has 0 fully saturated rings. The van der Waals surface area contributed by atoms with E-state index in [2.05, 4.69) is 40.4 Å². The average molecular weight is 452 g/mol. The fraction of sp³-hybridized carbons (Fsp3) is 0.316. The van der Waals surface area contributed by atoms with Crippen molar-refractivity contribution in [3.05, 3.63) is 52.4 Å². The van der Waals surface area contributed by atoms with E-state index < -0.39 is 5.91 Å². The lowest BCUT2D eigenvalue weighted by Crippen LogP contribution is -2.34. The second-order valence-electron chi connectivity index (χ2n) is 5.88. The van der Waals surface area contributed by atoms with Gasteiger partial charge in [-0.1, -0.05) is 13.8 Å². The van der Waals surface area contributed by atoms with Gasteiger partial charge in [0.1, 0.15) is 0 Å². The predicted molar refractivity (Wildman–Crippen MR) is 113 cm³/mol. The first-order chi connectivity index (χ1) is 12.9. The maximum atomic E-state index is 12.6. The number of hydrogen-bond acceptors (Lipinski definition) is 4. The van der Waals surface area contributed by atoms with Crippen molar-refractivity contribution in [1.82, 2.24) is 10.2 Å². The Kier molecular flexibility index (Phi) is 7.99. The quantitative estimate of drug-likeness (QED) is 0.608. The van der Waals surface area contributed by atoms with Crippen LogP contribution >= 0.6 is 28.1 Å². The molecule has 0 spiro atoms. The van der Waals surface area contributed by atoms with Crippen LogP contribution in [0.25, 0.3) is 0 Å². The molecule has 0 aliphatic heterocycles. The van der Waals surface area contributed by atoms with E-state index in [9.17, 15) is 9.59 Å². The molecule has 2 N–H and O–H groups in total. The largest absolute Gasteiger partial charge is 0.444 e. The van der Waals surface area contributed by atoms with Gasteiger partial charge in [-0.2, -0.15) is 0 Å². The number of thiocarbonyl (C=S) groups is 1. The van der Waals surface area contributed by atoms with E-state index in [4.69, 9.17) is 16.6 Å². The highest BCUT2D eigenvalue weighted by atomic mass is 79.9. The second kappa shape index (κ2) is 10.2. The van der Waals surface area contributed by atoms with Crippen LogP contribution in [0, 0.1) is 0 Å². The van der Waals surface area contributed by atoms with Crippen molar-refractivity contribution in [3.8, 4) is 0 Å². The number of furan rings is 1. The van der Waals surface area contributed by atoms with Crippen molar-refractivity contribution in [3.63, 3.8) is 0 Å². The monoisotopic (exact) mass is 451 g/mol. The number of hydrogen-bond donors (Lipinski definition) is 2. The molecule has 1 aromatic heterocycles. The number of nitrogens with zero attached hydrogens (tertiary/aromatic N) is 1. The van der Waals surface area contributed by atoms with Gasteiger partial charge >= 0.3 is 0 Å². The standard InChI is InChI=1S/C19H22BrN3O3S/c1-3-11-23(12-4-2)18(25)13-5-7-14(8-6-13)21-19(27)22-17(24)15-9-10-16(20)26-15/h5-10H,3-4,11-12H2,1-2H3,(H2,21,22,24,27). The minimum atomic E-state index is -0.445. The molecule has 0 bridgehead atoms. The number of anilines is 1. The van der Waals surface area contributed by atoms with Crippen LogP contribution in [0.3, 0.4) is 0 Å². The maximum Gasteiger partial charge on any atom is 0.293 e. The van der Waals surface area contributed by atoms with Crippen LogP contribution in [0.15, 0.2) is 45.5 Å². The first-order valence-corrected chi connectivity index (χ1v) is 9.91. The minimum Gasteiger partial charge on any atom is -0.444 e. The lowest BCUT2D eigenvalue weighted by atomic mass is 10.1. The molecule has 6 nitrogen and oxygen atoms in total. The Labute approximate surface area is 172 Å². The topological polar surface area (TPSA) is 74.6 Å². The Hall–Kier alpha value is -2.19. The van der Waals surface area contributed by atoms with E-state index in [0.717, 1.165) is 25.9 Å². The molecule has 0 unspecified atom stereocenters. The normalized spacial score (nSPS) is 10.3. The maximum absolute atomic E-state index is 12.6. The summed E-state index contributed by atoms with van der Waals surface area (Å²) < 4.78 is 5.64. The number of amides is 2. The molecule has 1 heterocycles. The summed E-state index contributed by atoms with van der Waals surface area (Å²) in [6.07, 6.45) is 1.84. The van der Waals surface area contributed by atoms with Gasteiger partial charge < -0.3 is 14.6 Å². The number of carbonyl (C=O) groups excluding carboxylic acids is 2. The van der Waals surface area contributed by atoms with Crippen LogP contribution in [0.2, 0.25) is 0 Å². The summed E-state index contributed by atoms with van der Waals surface area (Å²) >= 11 is 8.28. The minimum absolute atomic E-state index is 0.0181. The van der Waals surface area contributed by atoms with Crippen LogP contribution in [0.5, 0.6) is 0 Å². The number of rotatable bonds is 7. The van der Waals surface area contributed by atoms with Gasteiger partial charge in [-0.05, 0) is 77.4 Å². The van der Waals surface area contributed by atoms with Crippen LogP contribution in [0.1, 0.15) is 47.6 Å². The zero-order valence-corrected chi connectivity index (χ0v) is 17.7. The van der Waals surface area contributed by atoms with Gasteiger partial charge in [0, 0.05) is 24.3 Å². The van der Waals surface area contributed by atoms with E-state index >= 15 is 0 Å². The van der Waals surface area contributed by atoms with Crippen LogP contribution in [-0.2, 0) is 0 Å². The molecule has 0 radical (unpaired) electrons. The Morgan fingerprint density at radius 2 is 1.70 bits per heavy atom. The summed E-state index contributed by atoms with van der Waals surface area (Å²) in [4.78, 5) is 26.4. The molecule has 1 aromatic carbocycles. The summed E-state index contributed by atoms with van der Waals surface area (Å²) in [6, 6.07) is 10.2. The lowest BCUT2D eigenvalue weighted by molar-refractivity contribution is 0.0755. The first kappa shape index (κ1) is 21.1. The van der Waals surface area contributed by atoms with Crippen molar-refractivity contribution in [2.24, 2.45) is 0 Å². The summed E-state index contributed by atoms with van der Waals surface area (Å²) in [5.41, 5.74) is 1.30. The van der Waals surface area contributed by atoms with Crippen molar-refractivity contribution in [2.45, 2.75) is 26.7 Å². The third-order valence-electron chi connectivity index (χ3n) is 3.69. The second-order valence-corrected chi connectivity index (χ2v) is 7.07. The molecular formula is C19H22BrN3O3S. The number of halogens is 1. The van der Waals surface area contributed by atoms with Crippen LogP contribution < -0.4 is 10.6 Å². The van der Waals surface area contributed by atoms with E-state index in [1.165, 1.54) is 0 Å². The molecule has 0 saturated carbocycles. The lowest BCUT2D eigenvalue weighted by Gasteiger charge is -2.21. The molecule has 0 aliphatic rings. The van der Waals surface area contributed by atoms with E-state index in [-0.39, 0.29) is 16.8 Å². The van der Waals surface area contributed by atoms with Crippen molar-refractivity contribution in [2.75, 3.05) is 18.4 Å². The Morgan fingerprint density at radius 3 is 2.22 bits per heavy atom. The van der Waals surface area contributed by atoms with Gasteiger partial charge in [0.15, 0.2) is 15.5 Å². The van der Waals surface area contributed by atoms with E-state index in [0.29, 0.717) is 15.9 Å². The smallest absolute Gasteiger partial charge is 0.293 e. The molecule has 8 heteroatoms. The third-order valence-corrected chi connectivity index (χ3v) is 4.32. The van der Waals surface area contributed by atoms with Crippen LogP contribution in [-0.4, -0.2) is 34.9 Å². The first-order valence-electron chi connectivity index (χ1n) is 8.71. The summed E-state index contributed by atoms with van der Waals surface area (Å²) in [5, 5.41) is 5.60. The highest BCUT2D eigenvalue weighted by molar-refractivity contribution is 9.10. The molecule has 2 rings (SSSR count). The van der Waals surface area contributed by atoms with Gasteiger partial charge in [0.05, 0.1) is 0 Å². The number of nitrogens with one attached hydrogen (secondary N) is 2. The van der Waals surface area contributed by atoms with Crippen molar-refractivity contribution >= 4 is 50.8 Å². The molecule has 0 atom stereocenters. The van der Waals surface area contributed by atoms with E-state index in [1.54, 1.807) is 36.4 Å². The summed E-state index contributed by atoms with van der Waals surface area (Å²) in [7, 11) is 0.